The van der Waals surface area contributed by atoms with Crippen molar-refractivity contribution in [3.63, 3.8) is 0 Å². The lowest BCUT2D eigenvalue weighted by atomic mass is 10.1. The summed E-state index contributed by atoms with van der Waals surface area (Å²) in [7, 11) is 1.61. The van der Waals surface area contributed by atoms with E-state index in [1.807, 2.05) is 19.9 Å². The SMILES string of the molecule is CCNC(C)c1ccc(N(C)CC(F)F)nc1. The van der Waals surface area contributed by atoms with Crippen LogP contribution in [-0.4, -0.2) is 31.5 Å². The van der Waals surface area contributed by atoms with E-state index in [0.717, 1.165) is 12.1 Å². The minimum absolute atomic E-state index is 0.224. The standard InChI is InChI=1S/C12H19F2N3/c1-4-15-9(2)10-5-6-12(16-7-10)17(3)8-11(13)14/h5-7,9,11,15H,4,8H2,1-3H3. The van der Waals surface area contributed by atoms with Crippen molar-refractivity contribution in [2.75, 3.05) is 25.0 Å². The summed E-state index contributed by atoms with van der Waals surface area (Å²) in [5.74, 6) is 0.567. The molecule has 0 bridgehead atoms. The summed E-state index contributed by atoms with van der Waals surface area (Å²) in [6, 6.07) is 3.91. The average molecular weight is 243 g/mol. The molecule has 1 rings (SSSR count). The van der Waals surface area contributed by atoms with Crippen LogP contribution in [0.2, 0.25) is 0 Å². The van der Waals surface area contributed by atoms with Crippen LogP contribution in [-0.2, 0) is 0 Å². The van der Waals surface area contributed by atoms with E-state index in [0.29, 0.717) is 5.82 Å². The molecular formula is C12H19F2N3. The van der Waals surface area contributed by atoms with Crippen LogP contribution in [0.3, 0.4) is 0 Å². The van der Waals surface area contributed by atoms with E-state index in [2.05, 4.69) is 10.3 Å². The fourth-order valence-corrected chi connectivity index (χ4v) is 1.60. The zero-order valence-corrected chi connectivity index (χ0v) is 10.5. The van der Waals surface area contributed by atoms with Crippen LogP contribution >= 0.6 is 0 Å². The number of aromatic nitrogens is 1. The molecule has 0 aromatic carbocycles. The van der Waals surface area contributed by atoms with Crippen molar-refractivity contribution < 1.29 is 8.78 Å². The Morgan fingerprint density at radius 2 is 2.12 bits per heavy atom. The summed E-state index contributed by atoms with van der Waals surface area (Å²) in [5, 5.41) is 3.27. The number of hydrogen-bond donors (Lipinski definition) is 1. The van der Waals surface area contributed by atoms with Crippen LogP contribution in [0.25, 0.3) is 0 Å². The predicted molar refractivity (Wildman–Crippen MR) is 65.6 cm³/mol. The molecule has 1 N–H and O–H groups in total. The number of rotatable bonds is 6. The maximum Gasteiger partial charge on any atom is 0.255 e. The van der Waals surface area contributed by atoms with Crippen LogP contribution in [0.1, 0.15) is 25.5 Å². The van der Waals surface area contributed by atoms with E-state index in [1.54, 1.807) is 19.3 Å². The molecule has 96 valence electrons. The Kier molecular flexibility index (Phi) is 5.28. The van der Waals surface area contributed by atoms with Crippen molar-refractivity contribution in [1.29, 1.82) is 0 Å². The normalized spacial score (nSPS) is 12.8. The Labute approximate surface area is 101 Å². The van der Waals surface area contributed by atoms with Gasteiger partial charge >= 0.3 is 0 Å². The molecule has 17 heavy (non-hydrogen) atoms. The molecule has 0 spiro atoms. The molecule has 0 radical (unpaired) electrons. The lowest BCUT2D eigenvalue weighted by molar-refractivity contribution is 0.156. The number of halogens is 2. The van der Waals surface area contributed by atoms with Crippen LogP contribution in [0, 0.1) is 0 Å². The molecule has 0 aliphatic carbocycles. The first kappa shape index (κ1) is 13.8. The fraction of sp³-hybridized carbons (Fsp3) is 0.583. The van der Waals surface area contributed by atoms with E-state index in [-0.39, 0.29) is 12.6 Å². The highest BCUT2D eigenvalue weighted by atomic mass is 19.3. The minimum atomic E-state index is -2.35. The molecule has 1 heterocycles. The van der Waals surface area contributed by atoms with E-state index < -0.39 is 6.43 Å². The van der Waals surface area contributed by atoms with Crippen LogP contribution in [0.15, 0.2) is 18.3 Å². The summed E-state index contributed by atoms with van der Waals surface area (Å²) >= 11 is 0. The number of nitrogens with one attached hydrogen (secondary N) is 1. The van der Waals surface area contributed by atoms with Gasteiger partial charge in [-0.1, -0.05) is 13.0 Å². The third-order valence-electron chi connectivity index (χ3n) is 2.58. The van der Waals surface area contributed by atoms with Crippen molar-refractivity contribution in [3.05, 3.63) is 23.9 Å². The van der Waals surface area contributed by atoms with E-state index in [1.165, 1.54) is 4.90 Å². The summed E-state index contributed by atoms with van der Waals surface area (Å²) in [5.41, 5.74) is 1.06. The van der Waals surface area contributed by atoms with E-state index in [9.17, 15) is 8.78 Å². The van der Waals surface area contributed by atoms with Crippen molar-refractivity contribution in [1.82, 2.24) is 10.3 Å². The molecule has 1 atom stereocenters. The second-order valence-corrected chi connectivity index (χ2v) is 4.00. The van der Waals surface area contributed by atoms with Gasteiger partial charge in [-0.15, -0.1) is 0 Å². The number of anilines is 1. The van der Waals surface area contributed by atoms with Crippen LogP contribution in [0.4, 0.5) is 14.6 Å². The summed E-state index contributed by atoms with van der Waals surface area (Å²) in [6.07, 6.45) is -0.618. The van der Waals surface area contributed by atoms with Crippen molar-refractivity contribution in [3.8, 4) is 0 Å². The molecule has 0 fully saturated rings. The third-order valence-corrected chi connectivity index (χ3v) is 2.58. The number of hydrogen-bond acceptors (Lipinski definition) is 3. The van der Waals surface area contributed by atoms with Crippen molar-refractivity contribution in [2.45, 2.75) is 26.3 Å². The first-order chi connectivity index (χ1) is 8.04. The number of alkyl halides is 2. The van der Waals surface area contributed by atoms with Crippen molar-refractivity contribution >= 4 is 5.82 Å². The van der Waals surface area contributed by atoms with Gasteiger partial charge < -0.3 is 10.2 Å². The second kappa shape index (κ2) is 6.49. The second-order valence-electron chi connectivity index (χ2n) is 4.00. The Balaban J connectivity index is 2.67. The molecular weight excluding hydrogens is 224 g/mol. The van der Waals surface area contributed by atoms with E-state index in [4.69, 9.17) is 0 Å². The van der Waals surface area contributed by atoms with Gasteiger partial charge in [-0.2, -0.15) is 0 Å². The molecule has 0 saturated heterocycles. The molecule has 1 aromatic heterocycles. The molecule has 0 aliphatic rings. The van der Waals surface area contributed by atoms with Gasteiger partial charge in [0.15, 0.2) is 0 Å². The van der Waals surface area contributed by atoms with Gasteiger partial charge in [0.1, 0.15) is 5.82 Å². The minimum Gasteiger partial charge on any atom is -0.354 e. The van der Waals surface area contributed by atoms with Crippen LogP contribution in [0.5, 0.6) is 0 Å². The molecule has 5 heteroatoms. The first-order valence-electron chi connectivity index (χ1n) is 5.73. The van der Waals surface area contributed by atoms with Gasteiger partial charge in [0.25, 0.3) is 6.43 Å². The van der Waals surface area contributed by atoms with Gasteiger partial charge in [-0.3, -0.25) is 0 Å². The lowest BCUT2D eigenvalue weighted by Crippen LogP contribution is -2.25. The summed E-state index contributed by atoms with van der Waals surface area (Å²) in [6.45, 7) is 4.67. The zero-order valence-electron chi connectivity index (χ0n) is 10.5. The van der Waals surface area contributed by atoms with Gasteiger partial charge in [-0.05, 0) is 25.1 Å². The third kappa shape index (κ3) is 4.26. The van der Waals surface area contributed by atoms with Crippen LogP contribution < -0.4 is 10.2 Å². The quantitative estimate of drug-likeness (QED) is 0.832. The smallest absolute Gasteiger partial charge is 0.255 e. The Hall–Kier alpha value is -1.23. The number of nitrogens with zero attached hydrogens (tertiary/aromatic N) is 2. The maximum absolute atomic E-state index is 12.2. The number of pyridine rings is 1. The zero-order chi connectivity index (χ0) is 12.8. The highest BCUT2D eigenvalue weighted by Gasteiger charge is 2.10. The highest BCUT2D eigenvalue weighted by molar-refractivity contribution is 5.38. The van der Waals surface area contributed by atoms with Gasteiger partial charge in [0, 0.05) is 19.3 Å². The topological polar surface area (TPSA) is 28.2 Å². The highest BCUT2D eigenvalue weighted by Crippen LogP contribution is 2.15. The molecule has 1 unspecified atom stereocenters. The Morgan fingerprint density at radius 3 is 2.59 bits per heavy atom. The monoisotopic (exact) mass is 243 g/mol. The predicted octanol–water partition coefficient (Wildman–Crippen LogP) is 2.45. The first-order valence-corrected chi connectivity index (χ1v) is 5.73. The van der Waals surface area contributed by atoms with Gasteiger partial charge in [0.05, 0.1) is 6.54 Å². The Bertz CT molecular complexity index is 327. The molecule has 0 amide bonds. The van der Waals surface area contributed by atoms with Crippen molar-refractivity contribution in [2.24, 2.45) is 0 Å². The van der Waals surface area contributed by atoms with E-state index >= 15 is 0 Å². The molecule has 1 aromatic rings. The van der Waals surface area contributed by atoms with Gasteiger partial charge in [-0.25, -0.2) is 13.8 Å². The Morgan fingerprint density at radius 1 is 1.41 bits per heavy atom. The average Bonchev–Trinajstić information content (AvgIpc) is 2.28. The molecule has 0 saturated carbocycles. The lowest BCUT2D eigenvalue weighted by Gasteiger charge is -2.18. The molecule has 3 nitrogen and oxygen atoms in total. The summed E-state index contributed by atoms with van der Waals surface area (Å²) < 4.78 is 24.4. The van der Waals surface area contributed by atoms with Gasteiger partial charge in [0.2, 0.25) is 0 Å². The maximum atomic E-state index is 12.2. The largest absolute Gasteiger partial charge is 0.354 e. The molecule has 0 aliphatic heterocycles. The fourth-order valence-electron chi connectivity index (χ4n) is 1.60. The summed E-state index contributed by atoms with van der Waals surface area (Å²) in [4.78, 5) is 5.64.